The van der Waals surface area contributed by atoms with Crippen molar-refractivity contribution in [2.75, 3.05) is 26.8 Å². The fraction of sp³-hybridized carbons (Fsp3) is 0.438. The normalized spacial score (nSPS) is 14.5. The molecular weight excluding hydrogens is 270 g/mol. The largest absolute Gasteiger partial charge is 0.493 e. The predicted molar refractivity (Wildman–Crippen MR) is 84.4 cm³/mol. The summed E-state index contributed by atoms with van der Waals surface area (Å²) in [5, 5.41) is 0. The first-order valence-corrected chi connectivity index (χ1v) is 7.20. The van der Waals surface area contributed by atoms with Gasteiger partial charge in [0, 0.05) is 18.7 Å². The smallest absolute Gasteiger partial charge is 0.162 e. The highest BCUT2D eigenvalue weighted by Crippen LogP contribution is 2.29. The van der Waals surface area contributed by atoms with Gasteiger partial charge < -0.3 is 14.4 Å². The highest BCUT2D eigenvalue weighted by Gasteiger charge is 2.16. The molecule has 0 radical (unpaired) electrons. The van der Waals surface area contributed by atoms with E-state index in [9.17, 15) is 0 Å². The average Bonchev–Trinajstić information content (AvgIpc) is 2.52. The lowest BCUT2D eigenvalue weighted by molar-refractivity contribution is 0.330. The first-order chi connectivity index (χ1) is 9.76. The van der Waals surface area contributed by atoms with Crippen molar-refractivity contribution >= 4 is 17.2 Å². The molecule has 0 aromatic heterocycles. The van der Waals surface area contributed by atoms with Crippen LogP contribution in [0.1, 0.15) is 24.8 Å². The fourth-order valence-corrected chi connectivity index (χ4v) is 2.63. The van der Waals surface area contributed by atoms with E-state index >= 15 is 0 Å². The molecule has 4 heteroatoms. The van der Waals surface area contributed by atoms with E-state index in [1.54, 1.807) is 7.11 Å². The number of rotatable bonds is 4. The Labute approximate surface area is 125 Å². The average molecular weight is 289 g/mol. The molecule has 0 aliphatic carbocycles. The molecule has 1 fully saturated rings. The van der Waals surface area contributed by atoms with Crippen LogP contribution < -0.4 is 9.47 Å². The van der Waals surface area contributed by atoms with Crippen LogP contribution in [0.2, 0.25) is 0 Å². The van der Waals surface area contributed by atoms with Gasteiger partial charge in [-0.2, -0.15) is 0 Å². The third-order valence-electron chi connectivity index (χ3n) is 3.36. The third-order valence-corrected chi connectivity index (χ3v) is 3.86. The van der Waals surface area contributed by atoms with E-state index in [-0.39, 0.29) is 6.61 Å². The number of ether oxygens (including phenoxy) is 2. The maximum absolute atomic E-state index is 5.58. The second-order valence-corrected chi connectivity index (χ2v) is 5.10. The van der Waals surface area contributed by atoms with E-state index in [1.807, 2.05) is 18.2 Å². The van der Waals surface area contributed by atoms with Crippen LogP contribution in [0.25, 0.3) is 0 Å². The molecule has 2 rings (SSSR count). The Balaban J connectivity index is 2.15. The van der Waals surface area contributed by atoms with Gasteiger partial charge >= 0.3 is 0 Å². The van der Waals surface area contributed by atoms with Crippen molar-refractivity contribution in [3.05, 3.63) is 23.8 Å². The standard InChI is InChI=1S/C16H19NO2S/c1-3-11-19-14-8-7-13(12-15(14)18-2)16(20)17-9-5-4-6-10-17/h1,7-8,12H,4-6,9-11H2,2H3. The number of piperidine rings is 1. The number of hydrogen-bond acceptors (Lipinski definition) is 3. The molecule has 0 amide bonds. The highest BCUT2D eigenvalue weighted by molar-refractivity contribution is 7.80. The topological polar surface area (TPSA) is 21.7 Å². The van der Waals surface area contributed by atoms with E-state index in [2.05, 4.69) is 10.8 Å². The Morgan fingerprint density at radius 3 is 2.70 bits per heavy atom. The number of nitrogens with zero attached hydrogens (tertiary/aromatic N) is 1. The van der Waals surface area contributed by atoms with E-state index in [0.717, 1.165) is 23.6 Å². The lowest BCUT2D eigenvalue weighted by Crippen LogP contribution is -2.34. The molecule has 1 aliphatic rings. The maximum Gasteiger partial charge on any atom is 0.162 e. The van der Waals surface area contributed by atoms with Gasteiger partial charge in [0.1, 0.15) is 11.6 Å². The van der Waals surface area contributed by atoms with Crippen molar-refractivity contribution in [2.24, 2.45) is 0 Å². The summed E-state index contributed by atoms with van der Waals surface area (Å²) < 4.78 is 10.8. The van der Waals surface area contributed by atoms with Crippen LogP contribution in [-0.4, -0.2) is 36.7 Å². The Morgan fingerprint density at radius 2 is 2.05 bits per heavy atom. The molecule has 0 spiro atoms. The van der Waals surface area contributed by atoms with E-state index < -0.39 is 0 Å². The van der Waals surface area contributed by atoms with Gasteiger partial charge in [-0.1, -0.05) is 18.1 Å². The van der Waals surface area contributed by atoms with Crippen molar-refractivity contribution in [2.45, 2.75) is 19.3 Å². The van der Waals surface area contributed by atoms with Crippen LogP contribution in [0.3, 0.4) is 0 Å². The lowest BCUT2D eigenvalue weighted by atomic mass is 10.1. The van der Waals surface area contributed by atoms with E-state index in [1.165, 1.54) is 19.3 Å². The molecule has 106 valence electrons. The number of thiocarbonyl (C=S) groups is 1. The van der Waals surface area contributed by atoms with Gasteiger partial charge in [-0.25, -0.2) is 0 Å². The monoisotopic (exact) mass is 289 g/mol. The summed E-state index contributed by atoms with van der Waals surface area (Å²) >= 11 is 5.58. The number of likely N-dealkylation sites (tertiary alicyclic amines) is 1. The van der Waals surface area contributed by atoms with Gasteiger partial charge in [-0.3, -0.25) is 0 Å². The zero-order valence-corrected chi connectivity index (χ0v) is 12.5. The molecule has 1 aromatic carbocycles. The Hall–Kier alpha value is -1.73. The zero-order valence-electron chi connectivity index (χ0n) is 11.7. The molecule has 1 saturated heterocycles. The SMILES string of the molecule is C#CCOc1ccc(C(=S)N2CCCCC2)cc1OC. The summed E-state index contributed by atoms with van der Waals surface area (Å²) in [5.74, 6) is 3.76. The molecule has 1 heterocycles. The van der Waals surface area contributed by atoms with Crippen LogP contribution in [0.4, 0.5) is 0 Å². The molecule has 0 unspecified atom stereocenters. The second kappa shape index (κ2) is 7.16. The molecule has 1 aliphatic heterocycles. The van der Waals surface area contributed by atoms with Gasteiger partial charge in [0.25, 0.3) is 0 Å². The number of benzene rings is 1. The Bertz CT molecular complexity index is 516. The first kappa shape index (κ1) is 14.7. The second-order valence-electron chi connectivity index (χ2n) is 4.71. The van der Waals surface area contributed by atoms with Crippen molar-refractivity contribution < 1.29 is 9.47 Å². The molecule has 3 nitrogen and oxygen atoms in total. The fourth-order valence-electron chi connectivity index (χ4n) is 2.32. The quantitative estimate of drug-likeness (QED) is 0.627. The van der Waals surface area contributed by atoms with E-state index in [0.29, 0.717) is 11.5 Å². The van der Waals surface area contributed by atoms with Crippen LogP contribution in [-0.2, 0) is 0 Å². The summed E-state index contributed by atoms with van der Waals surface area (Å²) in [4.78, 5) is 3.14. The summed E-state index contributed by atoms with van der Waals surface area (Å²) in [5.41, 5.74) is 0.992. The Kier molecular flexibility index (Phi) is 5.25. The van der Waals surface area contributed by atoms with Gasteiger partial charge in [0.2, 0.25) is 0 Å². The van der Waals surface area contributed by atoms with Gasteiger partial charge in [0.05, 0.1) is 7.11 Å². The lowest BCUT2D eigenvalue weighted by Gasteiger charge is -2.29. The van der Waals surface area contributed by atoms with Crippen molar-refractivity contribution in [3.8, 4) is 23.8 Å². The van der Waals surface area contributed by atoms with Crippen molar-refractivity contribution in [1.82, 2.24) is 4.90 Å². The summed E-state index contributed by atoms with van der Waals surface area (Å²) in [6, 6.07) is 5.75. The molecular formula is C16H19NO2S. The highest BCUT2D eigenvalue weighted by atomic mass is 32.1. The van der Waals surface area contributed by atoms with Crippen LogP contribution >= 0.6 is 12.2 Å². The van der Waals surface area contributed by atoms with Gasteiger partial charge in [-0.05, 0) is 37.5 Å². The molecule has 1 aromatic rings. The maximum atomic E-state index is 5.58. The number of hydrogen-bond donors (Lipinski definition) is 0. The van der Waals surface area contributed by atoms with Crippen LogP contribution in [0, 0.1) is 12.3 Å². The minimum absolute atomic E-state index is 0.228. The molecule has 20 heavy (non-hydrogen) atoms. The van der Waals surface area contributed by atoms with E-state index in [4.69, 9.17) is 28.1 Å². The zero-order chi connectivity index (χ0) is 14.4. The summed E-state index contributed by atoms with van der Waals surface area (Å²) in [6.45, 7) is 2.30. The minimum Gasteiger partial charge on any atom is -0.493 e. The van der Waals surface area contributed by atoms with Crippen molar-refractivity contribution in [1.29, 1.82) is 0 Å². The summed E-state index contributed by atoms with van der Waals surface area (Å²) in [7, 11) is 1.62. The third kappa shape index (κ3) is 3.43. The minimum atomic E-state index is 0.228. The number of methoxy groups -OCH3 is 1. The molecule has 0 atom stereocenters. The van der Waals surface area contributed by atoms with Gasteiger partial charge in [-0.15, -0.1) is 6.42 Å². The number of terminal acetylenes is 1. The summed E-state index contributed by atoms with van der Waals surface area (Å²) in [6.07, 6.45) is 8.91. The molecule has 0 bridgehead atoms. The first-order valence-electron chi connectivity index (χ1n) is 6.80. The van der Waals surface area contributed by atoms with Crippen molar-refractivity contribution in [3.63, 3.8) is 0 Å². The van der Waals surface area contributed by atoms with Crippen LogP contribution in [0.5, 0.6) is 11.5 Å². The Morgan fingerprint density at radius 1 is 1.30 bits per heavy atom. The van der Waals surface area contributed by atoms with Crippen LogP contribution in [0.15, 0.2) is 18.2 Å². The van der Waals surface area contributed by atoms with Gasteiger partial charge in [0.15, 0.2) is 11.5 Å². The molecule has 0 N–H and O–H groups in total. The predicted octanol–water partition coefficient (Wildman–Crippen LogP) is 2.87. The molecule has 0 saturated carbocycles.